The molecule has 1 fully saturated rings. The van der Waals surface area contributed by atoms with Crippen LogP contribution in [0.4, 0.5) is 0 Å². The summed E-state index contributed by atoms with van der Waals surface area (Å²) in [5, 5.41) is 11.5. The van der Waals surface area contributed by atoms with Gasteiger partial charge in [0.1, 0.15) is 0 Å². The van der Waals surface area contributed by atoms with Gasteiger partial charge in [0.2, 0.25) is 5.91 Å². The van der Waals surface area contributed by atoms with E-state index in [1.165, 1.54) is 0 Å². The molecule has 0 aromatic rings. The van der Waals surface area contributed by atoms with Gasteiger partial charge in [-0.3, -0.25) is 4.79 Å². The summed E-state index contributed by atoms with van der Waals surface area (Å²) < 4.78 is 0. The van der Waals surface area contributed by atoms with Crippen LogP contribution >= 0.6 is 0 Å². The van der Waals surface area contributed by atoms with Gasteiger partial charge in [0.25, 0.3) is 0 Å². The van der Waals surface area contributed by atoms with E-state index in [4.69, 9.17) is 5.26 Å². The maximum Gasteiger partial charge on any atom is 0.225 e. The zero-order chi connectivity index (χ0) is 10.1. The van der Waals surface area contributed by atoms with Gasteiger partial charge in [-0.2, -0.15) is 5.26 Å². The molecule has 1 aliphatic carbocycles. The number of amides is 1. The Kier molecular flexibility index (Phi) is 2.34. The molecule has 0 atom stereocenters. The van der Waals surface area contributed by atoms with Crippen LogP contribution in [-0.4, -0.2) is 12.5 Å². The van der Waals surface area contributed by atoms with Crippen LogP contribution in [0.3, 0.4) is 0 Å². The molecule has 0 aromatic carbocycles. The lowest BCUT2D eigenvalue weighted by Gasteiger charge is -2.17. The molecule has 3 heteroatoms. The Bertz CT molecular complexity index is 259. The highest BCUT2D eigenvalue weighted by molar-refractivity contribution is 5.84. The van der Waals surface area contributed by atoms with Crippen molar-refractivity contribution in [2.75, 3.05) is 6.54 Å². The summed E-state index contributed by atoms with van der Waals surface area (Å²) in [6, 6.07) is 2.15. The van der Waals surface area contributed by atoms with E-state index in [9.17, 15) is 4.79 Å². The summed E-state index contributed by atoms with van der Waals surface area (Å²) in [6.45, 7) is 6.05. The van der Waals surface area contributed by atoms with Crippen molar-refractivity contribution in [1.29, 1.82) is 5.26 Å². The van der Waals surface area contributed by atoms with Crippen LogP contribution in [0, 0.1) is 22.2 Å². The Morgan fingerprint density at radius 1 is 1.62 bits per heavy atom. The van der Waals surface area contributed by atoms with Crippen molar-refractivity contribution < 1.29 is 4.79 Å². The van der Waals surface area contributed by atoms with E-state index in [2.05, 4.69) is 11.4 Å². The number of carbonyl (C=O) groups excluding carboxylic acids is 1. The van der Waals surface area contributed by atoms with E-state index < -0.39 is 5.41 Å². The smallest absolute Gasteiger partial charge is 0.225 e. The van der Waals surface area contributed by atoms with Gasteiger partial charge < -0.3 is 5.32 Å². The number of nitrogens with zero attached hydrogens (tertiary/aromatic N) is 1. The van der Waals surface area contributed by atoms with Gasteiger partial charge in [-0.15, -0.1) is 0 Å². The van der Waals surface area contributed by atoms with E-state index in [1.54, 1.807) is 0 Å². The van der Waals surface area contributed by atoms with Crippen molar-refractivity contribution in [2.45, 2.75) is 33.6 Å². The Hall–Kier alpha value is -1.04. The average molecular weight is 180 g/mol. The summed E-state index contributed by atoms with van der Waals surface area (Å²) in [5.74, 6) is 0.0934. The van der Waals surface area contributed by atoms with Crippen LogP contribution in [0.1, 0.15) is 33.6 Å². The van der Waals surface area contributed by atoms with Crippen molar-refractivity contribution in [2.24, 2.45) is 10.8 Å². The first-order chi connectivity index (χ1) is 5.90. The first-order valence-corrected chi connectivity index (χ1v) is 4.59. The third-order valence-corrected chi connectivity index (χ3v) is 2.54. The van der Waals surface area contributed by atoms with Crippen molar-refractivity contribution in [3.05, 3.63) is 0 Å². The standard InChI is InChI=1S/C10H16N2O/c1-9(2,6-11)7-12-8(13)10(3)4-5-10/h4-5,7H2,1-3H3,(H,12,13). The molecule has 1 rings (SSSR count). The molecule has 3 nitrogen and oxygen atoms in total. The predicted molar refractivity (Wildman–Crippen MR) is 49.7 cm³/mol. The number of hydrogen-bond donors (Lipinski definition) is 1. The lowest BCUT2D eigenvalue weighted by molar-refractivity contribution is -0.126. The summed E-state index contributed by atoms with van der Waals surface area (Å²) in [7, 11) is 0. The Labute approximate surface area is 79.1 Å². The highest BCUT2D eigenvalue weighted by Crippen LogP contribution is 2.45. The second-order valence-electron chi connectivity index (χ2n) is 4.74. The average Bonchev–Trinajstić information content (AvgIpc) is 2.81. The number of rotatable bonds is 3. The Morgan fingerprint density at radius 3 is 2.54 bits per heavy atom. The zero-order valence-electron chi connectivity index (χ0n) is 8.48. The van der Waals surface area contributed by atoms with Gasteiger partial charge in [0, 0.05) is 12.0 Å². The fourth-order valence-corrected chi connectivity index (χ4v) is 0.969. The molecule has 0 aromatic heterocycles. The van der Waals surface area contributed by atoms with E-state index >= 15 is 0 Å². The van der Waals surface area contributed by atoms with Gasteiger partial charge in [-0.05, 0) is 26.7 Å². The second kappa shape index (κ2) is 3.02. The fourth-order valence-electron chi connectivity index (χ4n) is 0.969. The molecule has 1 aliphatic rings. The van der Waals surface area contributed by atoms with Gasteiger partial charge in [-0.25, -0.2) is 0 Å². The third kappa shape index (κ3) is 2.45. The van der Waals surface area contributed by atoms with E-state index in [-0.39, 0.29) is 11.3 Å². The molecule has 0 unspecified atom stereocenters. The number of nitriles is 1. The lowest BCUT2D eigenvalue weighted by atomic mass is 9.95. The van der Waals surface area contributed by atoms with Crippen molar-refractivity contribution in [1.82, 2.24) is 5.32 Å². The zero-order valence-corrected chi connectivity index (χ0v) is 8.48. The monoisotopic (exact) mass is 180 g/mol. The van der Waals surface area contributed by atoms with Crippen LogP contribution in [-0.2, 0) is 4.79 Å². The second-order valence-corrected chi connectivity index (χ2v) is 4.74. The normalized spacial score (nSPS) is 18.9. The van der Waals surface area contributed by atoms with E-state index in [1.807, 2.05) is 20.8 Å². The summed E-state index contributed by atoms with van der Waals surface area (Å²) >= 11 is 0. The van der Waals surface area contributed by atoms with Crippen LogP contribution in [0.15, 0.2) is 0 Å². The van der Waals surface area contributed by atoms with Gasteiger partial charge >= 0.3 is 0 Å². The van der Waals surface area contributed by atoms with Crippen molar-refractivity contribution >= 4 is 5.91 Å². The summed E-state index contributed by atoms with van der Waals surface area (Å²) in [5.41, 5.74) is -0.591. The SMILES string of the molecule is CC(C)(C#N)CNC(=O)C1(C)CC1. The van der Waals surface area contributed by atoms with E-state index in [0.29, 0.717) is 6.54 Å². The Balaban J connectivity index is 2.36. The van der Waals surface area contributed by atoms with Crippen LogP contribution < -0.4 is 5.32 Å². The number of hydrogen-bond acceptors (Lipinski definition) is 2. The van der Waals surface area contributed by atoms with E-state index in [0.717, 1.165) is 12.8 Å². The molecule has 1 amide bonds. The number of carbonyl (C=O) groups is 1. The lowest BCUT2D eigenvalue weighted by Crippen LogP contribution is -2.37. The van der Waals surface area contributed by atoms with Crippen LogP contribution in [0.25, 0.3) is 0 Å². The molecule has 0 spiro atoms. The van der Waals surface area contributed by atoms with Crippen LogP contribution in [0.2, 0.25) is 0 Å². The minimum absolute atomic E-state index is 0.0934. The molecule has 0 bridgehead atoms. The molecule has 1 saturated carbocycles. The maximum atomic E-state index is 11.5. The first kappa shape index (κ1) is 10.0. The minimum Gasteiger partial charge on any atom is -0.354 e. The minimum atomic E-state index is -0.457. The third-order valence-electron chi connectivity index (χ3n) is 2.54. The quantitative estimate of drug-likeness (QED) is 0.714. The van der Waals surface area contributed by atoms with Gasteiger partial charge in [0.15, 0.2) is 0 Å². The molecule has 0 radical (unpaired) electrons. The highest BCUT2D eigenvalue weighted by Gasteiger charge is 2.44. The Morgan fingerprint density at radius 2 is 2.15 bits per heavy atom. The topological polar surface area (TPSA) is 52.9 Å². The first-order valence-electron chi connectivity index (χ1n) is 4.59. The molecular weight excluding hydrogens is 164 g/mol. The predicted octanol–water partition coefficient (Wildman–Crippen LogP) is 1.45. The number of nitrogens with one attached hydrogen (secondary N) is 1. The fraction of sp³-hybridized carbons (Fsp3) is 0.800. The highest BCUT2D eigenvalue weighted by atomic mass is 16.2. The van der Waals surface area contributed by atoms with Gasteiger partial charge in [0.05, 0.1) is 11.5 Å². The molecule has 13 heavy (non-hydrogen) atoms. The van der Waals surface area contributed by atoms with Crippen molar-refractivity contribution in [3.63, 3.8) is 0 Å². The van der Waals surface area contributed by atoms with Gasteiger partial charge in [-0.1, -0.05) is 6.92 Å². The van der Waals surface area contributed by atoms with Crippen LogP contribution in [0.5, 0.6) is 0 Å². The molecule has 0 saturated heterocycles. The summed E-state index contributed by atoms with van der Waals surface area (Å²) in [4.78, 5) is 11.5. The molecule has 1 N–H and O–H groups in total. The molecular formula is C10H16N2O. The summed E-state index contributed by atoms with van der Waals surface area (Å²) in [6.07, 6.45) is 1.96. The molecule has 0 heterocycles. The molecule has 0 aliphatic heterocycles. The molecule has 72 valence electrons. The largest absolute Gasteiger partial charge is 0.354 e. The maximum absolute atomic E-state index is 11.5. The van der Waals surface area contributed by atoms with Crippen molar-refractivity contribution in [3.8, 4) is 6.07 Å².